The highest BCUT2D eigenvalue weighted by molar-refractivity contribution is 7.99. The summed E-state index contributed by atoms with van der Waals surface area (Å²) in [5, 5.41) is 14.9. The molecule has 0 radical (unpaired) electrons. The number of anilines is 1. The van der Waals surface area contributed by atoms with Gasteiger partial charge in [0.25, 0.3) is 5.91 Å². The molecule has 9 heteroatoms. The summed E-state index contributed by atoms with van der Waals surface area (Å²) in [5.74, 6) is -0.807. The second kappa shape index (κ2) is 8.00. The number of tetrazole rings is 1. The molecule has 1 aromatic heterocycles. The van der Waals surface area contributed by atoms with Gasteiger partial charge in [0.05, 0.1) is 22.7 Å². The van der Waals surface area contributed by atoms with Crippen molar-refractivity contribution in [2.75, 3.05) is 11.1 Å². The number of thioether (sulfide) groups is 1. The first-order valence-electron chi connectivity index (χ1n) is 8.13. The van der Waals surface area contributed by atoms with Gasteiger partial charge in [0.1, 0.15) is 0 Å². The van der Waals surface area contributed by atoms with E-state index in [1.807, 2.05) is 32.0 Å². The summed E-state index contributed by atoms with van der Waals surface area (Å²) < 4.78 is 1.59. The van der Waals surface area contributed by atoms with Crippen molar-refractivity contribution in [2.24, 2.45) is 5.73 Å². The van der Waals surface area contributed by atoms with E-state index >= 15 is 0 Å². The first kappa shape index (κ1) is 18.6. The van der Waals surface area contributed by atoms with Gasteiger partial charge in [-0.1, -0.05) is 30.0 Å². The molecule has 0 saturated carbocycles. The van der Waals surface area contributed by atoms with Crippen LogP contribution >= 0.6 is 11.8 Å². The second-order valence-electron chi connectivity index (χ2n) is 5.89. The van der Waals surface area contributed by atoms with E-state index in [0.717, 1.165) is 11.3 Å². The van der Waals surface area contributed by atoms with Crippen LogP contribution in [0.5, 0.6) is 0 Å². The van der Waals surface area contributed by atoms with Gasteiger partial charge in [0.15, 0.2) is 0 Å². The maximum atomic E-state index is 12.3. The topological polar surface area (TPSA) is 116 Å². The monoisotopic (exact) mass is 382 g/mol. The highest BCUT2D eigenvalue weighted by Gasteiger charge is 2.14. The Morgan fingerprint density at radius 2 is 1.93 bits per heavy atom. The Bertz CT molecular complexity index is 1000. The van der Waals surface area contributed by atoms with Crippen molar-refractivity contribution in [1.29, 1.82) is 0 Å². The summed E-state index contributed by atoms with van der Waals surface area (Å²) in [4.78, 5) is 23.7. The van der Waals surface area contributed by atoms with Gasteiger partial charge in [-0.15, -0.1) is 5.10 Å². The minimum atomic E-state index is -0.600. The van der Waals surface area contributed by atoms with Gasteiger partial charge in [-0.25, -0.2) is 0 Å². The molecule has 3 N–H and O–H groups in total. The fraction of sp³-hybridized carbons (Fsp3) is 0.167. The molecule has 0 aliphatic rings. The van der Waals surface area contributed by atoms with Gasteiger partial charge in [-0.3, -0.25) is 9.59 Å². The van der Waals surface area contributed by atoms with Crippen LogP contribution in [-0.4, -0.2) is 37.8 Å². The third-order valence-electron chi connectivity index (χ3n) is 3.97. The van der Waals surface area contributed by atoms with E-state index in [-0.39, 0.29) is 17.2 Å². The fourth-order valence-electron chi connectivity index (χ4n) is 2.41. The molecule has 3 aromatic rings. The first-order chi connectivity index (χ1) is 13.0. The van der Waals surface area contributed by atoms with Gasteiger partial charge in [0.2, 0.25) is 11.1 Å². The number of primary amides is 1. The first-order valence-corrected chi connectivity index (χ1v) is 9.12. The second-order valence-corrected chi connectivity index (χ2v) is 6.83. The smallest absolute Gasteiger partial charge is 0.250 e. The number of nitrogens with two attached hydrogens (primary N) is 1. The Hall–Kier alpha value is -3.20. The Labute approximate surface area is 160 Å². The number of rotatable bonds is 6. The molecule has 0 bridgehead atoms. The zero-order valence-corrected chi connectivity index (χ0v) is 15.7. The third-order valence-corrected chi connectivity index (χ3v) is 4.89. The van der Waals surface area contributed by atoms with Crippen LogP contribution in [0.15, 0.2) is 47.6 Å². The summed E-state index contributed by atoms with van der Waals surface area (Å²) >= 11 is 1.20. The van der Waals surface area contributed by atoms with Crippen molar-refractivity contribution in [3.05, 3.63) is 59.2 Å². The number of benzene rings is 2. The van der Waals surface area contributed by atoms with Gasteiger partial charge in [0, 0.05) is 0 Å². The molecule has 27 heavy (non-hydrogen) atoms. The van der Waals surface area contributed by atoms with Gasteiger partial charge in [-0.2, -0.15) is 4.68 Å². The molecule has 0 aliphatic heterocycles. The average Bonchev–Trinajstić information content (AvgIpc) is 3.11. The van der Waals surface area contributed by atoms with Crippen LogP contribution in [0.4, 0.5) is 5.69 Å². The molecule has 138 valence electrons. The number of hydrogen-bond acceptors (Lipinski definition) is 6. The average molecular weight is 382 g/mol. The van der Waals surface area contributed by atoms with Crippen molar-refractivity contribution in [3.63, 3.8) is 0 Å². The number of carbonyl (C=O) groups excluding carboxylic acids is 2. The zero-order chi connectivity index (χ0) is 19.4. The molecular formula is C18H18N6O2S. The predicted molar refractivity (Wildman–Crippen MR) is 103 cm³/mol. The van der Waals surface area contributed by atoms with E-state index in [2.05, 4.69) is 20.8 Å². The van der Waals surface area contributed by atoms with E-state index in [4.69, 9.17) is 5.73 Å². The van der Waals surface area contributed by atoms with Crippen molar-refractivity contribution in [2.45, 2.75) is 19.0 Å². The maximum absolute atomic E-state index is 12.3. The van der Waals surface area contributed by atoms with Crippen LogP contribution in [0.25, 0.3) is 5.69 Å². The molecule has 0 saturated heterocycles. The molecule has 0 aliphatic carbocycles. The summed E-state index contributed by atoms with van der Waals surface area (Å²) in [6.45, 7) is 4.04. The van der Waals surface area contributed by atoms with Crippen LogP contribution < -0.4 is 11.1 Å². The lowest BCUT2D eigenvalue weighted by Gasteiger charge is -2.09. The van der Waals surface area contributed by atoms with Crippen molar-refractivity contribution in [1.82, 2.24) is 20.2 Å². The summed E-state index contributed by atoms with van der Waals surface area (Å²) in [7, 11) is 0. The minimum Gasteiger partial charge on any atom is -0.366 e. The number of aryl methyl sites for hydroxylation is 2. The molecule has 0 unspecified atom stereocenters. The van der Waals surface area contributed by atoms with E-state index in [1.54, 1.807) is 28.9 Å². The zero-order valence-electron chi connectivity index (χ0n) is 14.8. The molecule has 0 fully saturated rings. The lowest BCUT2D eigenvalue weighted by Crippen LogP contribution is -2.19. The highest BCUT2D eigenvalue weighted by Crippen LogP contribution is 2.21. The van der Waals surface area contributed by atoms with Crippen LogP contribution in [0.2, 0.25) is 0 Å². The van der Waals surface area contributed by atoms with Crippen molar-refractivity contribution in [3.8, 4) is 5.69 Å². The summed E-state index contributed by atoms with van der Waals surface area (Å²) in [6, 6.07) is 12.5. The molecular weight excluding hydrogens is 364 g/mol. The van der Waals surface area contributed by atoms with E-state index in [1.165, 1.54) is 17.3 Å². The largest absolute Gasteiger partial charge is 0.366 e. The number of para-hydroxylation sites is 1. The molecule has 2 aromatic carbocycles. The van der Waals surface area contributed by atoms with Crippen LogP contribution in [-0.2, 0) is 4.79 Å². The number of amides is 2. The van der Waals surface area contributed by atoms with E-state index in [9.17, 15) is 9.59 Å². The molecule has 0 atom stereocenters. The van der Waals surface area contributed by atoms with Gasteiger partial charge < -0.3 is 11.1 Å². The number of carbonyl (C=O) groups is 2. The standard InChI is InChI=1S/C18H18N6O2S/c1-11-7-8-13(9-12(11)2)24-18(21-22-23-24)27-10-16(25)20-15-6-4-3-5-14(15)17(19)26/h3-9H,10H2,1-2H3,(H2,19,26)(H,20,25). The Morgan fingerprint density at radius 1 is 1.15 bits per heavy atom. The van der Waals surface area contributed by atoms with E-state index in [0.29, 0.717) is 10.8 Å². The molecule has 3 rings (SSSR count). The van der Waals surface area contributed by atoms with Crippen molar-refractivity contribution < 1.29 is 9.59 Å². The van der Waals surface area contributed by atoms with Gasteiger partial charge in [-0.05, 0) is 59.7 Å². The molecule has 8 nitrogen and oxygen atoms in total. The number of nitrogens with zero attached hydrogens (tertiary/aromatic N) is 4. The minimum absolute atomic E-state index is 0.0817. The summed E-state index contributed by atoms with van der Waals surface area (Å²) in [6.07, 6.45) is 0. The van der Waals surface area contributed by atoms with Crippen LogP contribution in [0.3, 0.4) is 0 Å². The molecule has 0 spiro atoms. The highest BCUT2D eigenvalue weighted by atomic mass is 32.2. The number of nitrogens with one attached hydrogen (secondary N) is 1. The lowest BCUT2D eigenvalue weighted by atomic mass is 10.1. The van der Waals surface area contributed by atoms with E-state index < -0.39 is 5.91 Å². The number of aromatic nitrogens is 4. The Kier molecular flexibility index (Phi) is 5.51. The Balaban J connectivity index is 1.69. The maximum Gasteiger partial charge on any atom is 0.250 e. The third kappa shape index (κ3) is 4.32. The molecule has 1 heterocycles. The number of hydrogen-bond donors (Lipinski definition) is 2. The quantitative estimate of drug-likeness (QED) is 0.631. The molecule has 2 amide bonds. The normalized spacial score (nSPS) is 10.6. The fourth-order valence-corrected chi connectivity index (χ4v) is 3.10. The SMILES string of the molecule is Cc1ccc(-n2nnnc2SCC(=O)Nc2ccccc2C(N)=O)cc1C. The predicted octanol–water partition coefficient (Wildman–Crippen LogP) is 2.11. The lowest BCUT2D eigenvalue weighted by molar-refractivity contribution is -0.113. The van der Waals surface area contributed by atoms with Gasteiger partial charge >= 0.3 is 0 Å². The summed E-state index contributed by atoms with van der Waals surface area (Å²) in [5.41, 5.74) is 9.09. The Morgan fingerprint density at radius 3 is 2.67 bits per heavy atom. The van der Waals surface area contributed by atoms with Crippen molar-refractivity contribution >= 4 is 29.3 Å². The van der Waals surface area contributed by atoms with Crippen LogP contribution in [0, 0.1) is 13.8 Å². The van der Waals surface area contributed by atoms with Crippen LogP contribution in [0.1, 0.15) is 21.5 Å².